The van der Waals surface area contributed by atoms with Gasteiger partial charge in [-0.2, -0.15) is 0 Å². The van der Waals surface area contributed by atoms with Crippen molar-refractivity contribution in [1.29, 1.82) is 0 Å². The van der Waals surface area contributed by atoms with Crippen LogP contribution in [0.5, 0.6) is 0 Å². The highest BCUT2D eigenvalue weighted by atomic mass is 19.1. The second-order valence-electron chi connectivity index (χ2n) is 6.17. The maximum atomic E-state index is 13.9. The standard InChI is InChI=1S/C20H22F2N2O3/c1-3-27-20(26)18(12-15-6-4-5-9-23-15)24-19(25)10-13(2)16-8-7-14(21)11-17(16)22/h4-9,11,13,18H,3,10,12H2,1-2H3,(H,24,25)/t13-,18-/m0/s1. The average molecular weight is 376 g/mol. The first-order valence-corrected chi connectivity index (χ1v) is 8.71. The third-order valence-electron chi connectivity index (χ3n) is 4.03. The summed E-state index contributed by atoms with van der Waals surface area (Å²) in [5, 5.41) is 2.63. The maximum absolute atomic E-state index is 13.9. The number of benzene rings is 1. The Morgan fingerprint density at radius 1 is 1.22 bits per heavy atom. The van der Waals surface area contributed by atoms with Gasteiger partial charge in [-0.25, -0.2) is 13.6 Å². The molecule has 144 valence electrons. The Morgan fingerprint density at radius 3 is 2.63 bits per heavy atom. The zero-order valence-corrected chi connectivity index (χ0v) is 15.2. The van der Waals surface area contributed by atoms with Gasteiger partial charge < -0.3 is 10.1 Å². The summed E-state index contributed by atoms with van der Waals surface area (Å²) >= 11 is 0. The number of halogens is 2. The lowest BCUT2D eigenvalue weighted by molar-refractivity contribution is -0.147. The number of hydrogen-bond acceptors (Lipinski definition) is 4. The van der Waals surface area contributed by atoms with Crippen LogP contribution >= 0.6 is 0 Å². The number of rotatable bonds is 8. The molecular formula is C20H22F2N2O3. The molecule has 0 aliphatic rings. The molecule has 0 saturated carbocycles. The lowest BCUT2D eigenvalue weighted by atomic mass is 9.96. The summed E-state index contributed by atoms with van der Waals surface area (Å²) in [5.74, 6) is -2.85. The fraction of sp³-hybridized carbons (Fsp3) is 0.350. The molecule has 2 rings (SSSR count). The second kappa shape index (κ2) is 9.75. The predicted octanol–water partition coefficient (Wildman–Crippen LogP) is 3.14. The molecule has 0 fully saturated rings. The molecule has 0 aliphatic carbocycles. The van der Waals surface area contributed by atoms with E-state index in [4.69, 9.17) is 4.74 Å². The first-order chi connectivity index (χ1) is 12.9. The number of aromatic nitrogens is 1. The molecule has 2 atom stereocenters. The Hall–Kier alpha value is -2.83. The smallest absolute Gasteiger partial charge is 0.329 e. The largest absolute Gasteiger partial charge is 0.464 e. The van der Waals surface area contributed by atoms with E-state index in [1.807, 2.05) is 0 Å². The summed E-state index contributed by atoms with van der Waals surface area (Å²) in [7, 11) is 0. The first-order valence-electron chi connectivity index (χ1n) is 8.71. The molecule has 5 nitrogen and oxygen atoms in total. The molecule has 0 aliphatic heterocycles. The van der Waals surface area contributed by atoms with Gasteiger partial charge in [0.25, 0.3) is 0 Å². The summed E-state index contributed by atoms with van der Waals surface area (Å²) in [4.78, 5) is 28.7. The highest BCUT2D eigenvalue weighted by molar-refractivity contribution is 5.85. The molecule has 1 heterocycles. The van der Waals surface area contributed by atoms with Gasteiger partial charge in [0.2, 0.25) is 5.91 Å². The van der Waals surface area contributed by atoms with E-state index in [0.29, 0.717) is 5.69 Å². The van der Waals surface area contributed by atoms with Crippen LogP contribution in [0.25, 0.3) is 0 Å². The number of ether oxygens (including phenoxy) is 1. The molecule has 2 aromatic rings. The summed E-state index contributed by atoms with van der Waals surface area (Å²) in [6, 6.07) is 7.64. The molecule has 1 aromatic carbocycles. The molecule has 0 saturated heterocycles. The number of nitrogens with zero attached hydrogens (tertiary/aromatic N) is 1. The van der Waals surface area contributed by atoms with E-state index >= 15 is 0 Å². The monoisotopic (exact) mass is 376 g/mol. The molecule has 27 heavy (non-hydrogen) atoms. The van der Waals surface area contributed by atoms with Crippen LogP contribution in [0.1, 0.15) is 37.4 Å². The number of pyridine rings is 1. The minimum Gasteiger partial charge on any atom is -0.464 e. The van der Waals surface area contributed by atoms with E-state index in [0.717, 1.165) is 12.1 Å². The van der Waals surface area contributed by atoms with Crippen LogP contribution in [0.15, 0.2) is 42.6 Å². The number of amides is 1. The van der Waals surface area contributed by atoms with Gasteiger partial charge >= 0.3 is 5.97 Å². The molecule has 1 amide bonds. The number of esters is 1. The van der Waals surface area contributed by atoms with Crippen molar-refractivity contribution < 1.29 is 23.1 Å². The molecule has 0 bridgehead atoms. The Labute approximate surface area is 156 Å². The number of nitrogens with one attached hydrogen (secondary N) is 1. The molecule has 7 heteroatoms. The predicted molar refractivity (Wildman–Crippen MR) is 95.9 cm³/mol. The van der Waals surface area contributed by atoms with Crippen LogP contribution in [0.4, 0.5) is 8.78 Å². The molecule has 0 spiro atoms. The highest BCUT2D eigenvalue weighted by Crippen LogP contribution is 2.22. The zero-order chi connectivity index (χ0) is 19.8. The molecule has 1 N–H and O–H groups in total. The number of carbonyl (C=O) groups is 2. The summed E-state index contributed by atoms with van der Waals surface area (Å²) in [6.45, 7) is 3.52. The Balaban J connectivity index is 2.04. The fourth-order valence-corrected chi connectivity index (χ4v) is 2.71. The van der Waals surface area contributed by atoms with E-state index in [1.165, 1.54) is 6.07 Å². The van der Waals surface area contributed by atoms with Crippen molar-refractivity contribution in [2.75, 3.05) is 6.61 Å². The van der Waals surface area contributed by atoms with E-state index < -0.39 is 35.5 Å². The van der Waals surface area contributed by atoms with Crippen molar-refractivity contribution in [1.82, 2.24) is 10.3 Å². The lowest BCUT2D eigenvalue weighted by Crippen LogP contribution is -2.43. The Kier molecular flexibility index (Phi) is 7.40. The van der Waals surface area contributed by atoms with Crippen molar-refractivity contribution in [3.8, 4) is 0 Å². The first kappa shape index (κ1) is 20.5. The van der Waals surface area contributed by atoms with E-state index in [9.17, 15) is 18.4 Å². The second-order valence-corrected chi connectivity index (χ2v) is 6.17. The summed E-state index contributed by atoms with van der Waals surface area (Å²) in [6.07, 6.45) is 1.73. The van der Waals surface area contributed by atoms with Crippen LogP contribution < -0.4 is 5.32 Å². The molecule has 0 radical (unpaired) electrons. The highest BCUT2D eigenvalue weighted by Gasteiger charge is 2.24. The quantitative estimate of drug-likeness (QED) is 0.719. The van der Waals surface area contributed by atoms with Crippen LogP contribution in [0, 0.1) is 11.6 Å². The number of carbonyl (C=O) groups excluding carboxylic acids is 2. The fourth-order valence-electron chi connectivity index (χ4n) is 2.71. The summed E-state index contributed by atoms with van der Waals surface area (Å²) in [5.41, 5.74) is 0.873. The van der Waals surface area contributed by atoms with Gasteiger partial charge in [0.1, 0.15) is 17.7 Å². The van der Waals surface area contributed by atoms with Gasteiger partial charge in [-0.05, 0) is 36.6 Å². The minimum absolute atomic E-state index is 0.0549. The maximum Gasteiger partial charge on any atom is 0.329 e. The van der Waals surface area contributed by atoms with Crippen molar-refractivity contribution in [2.45, 2.75) is 38.6 Å². The lowest BCUT2D eigenvalue weighted by Gasteiger charge is -2.19. The third kappa shape index (κ3) is 6.13. The van der Waals surface area contributed by atoms with Gasteiger partial charge in [0.05, 0.1) is 6.61 Å². The minimum atomic E-state index is -0.891. The van der Waals surface area contributed by atoms with Gasteiger partial charge in [-0.15, -0.1) is 0 Å². The molecular weight excluding hydrogens is 354 g/mol. The van der Waals surface area contributed by atoms with E-state index in [-0.39, 0.29) is 25.0 Å². The van der Waals surface area contributed by atoms with Gasteiger partial charge in [0.15, 0.2) is 0 Å². The van der Waals surface area contributed by atoms with Crippen molar-refractivity contribution in [2.24, 2.45) is 0 Å². The van der Waals surface area contributed by atoms with E-state index in [2.05, 4.69) is 10.3 Å². The van der Waals surface area contributed by atoms with Crippen molar-refractivity contribution >= 4 is 11.9 Å². The Morgan fingerprint density at radius 2 is 2.00 bits per heavy atom. The van der Waals surface area contributed by atoms with E-state index in [1.54, 1.807) is 38.2 Å². The van der Waals surface area contributed by atoms with Gasteiger partial charge in [0, 0.05) is 30.8 Å². The van der Waals surface area contributed by atoms with Gasteiger partial charge in [-0.3, -0.25) is 9.78 Å². The van der Waals surface area contributed by atoms with Crippen LogP contribution in [0.3, 0.4) is 0 Å². The average Bonchev–Trinajstić information content (AvgIpc) is 2.62. The van der Waals surface area contributed by atoms with Crippen LogP contribution in [-0.4, -0.2) is 29.5 Å². The molecule has 0 unspecified atom stereocenters. The van der Waals surface area contributed by atoms with Gasteiger partial charge in [-0.1, -0.05) is 19.1 Å². The number of hydrogen-bond donors (Lipinski definition) is 1. The van der Waals surface area contributed by atoms with Crippen molar-refractivity contribution in [3.63, 3.8) is 0 Å². The zero-order valence-electron chi connectivity index (χ0n) is 15.2. The van der Waals surface area contributed by atoms with Crippen LogP contribution in [-0.2, 0) is 20.7 Å². The SMILES string of the molecule is CCOC(=O)[C@H](Cc1ccccn1)NC(=O)C[C@H](C)c1ccc(F)cc1F. The van der Waals surface area contributed by atoms with Crippen molar-refractivity contribution in [3.05, 3.63) is 65.5 Å². The molecule has 1 aromatic heterocycles. The summed E-state index contributed by atoms with van der Waals surface area (Å²) < 4.78 is 31.9. The topological polar surface area (TPSA) is 68.3 Å². The third-order valence-corrected chi connectivity index (χ3v) is 4.03. The van der Waals surface area contributed by atoms with Crippen LogP contribution in [0.2, 0.25) is 0 Å². The normalized spacial score (nSPS) is 12.9. The Bertz CT molecular complexity index is 784.